The zero-order chi connectivity index (χ0) is 12.3. The van der Waals surface area contributed by atoms with Gasteiger partial charge in [-0.3, -0.25) is 0 Å². The van der Waals surface area contributed by atoms with Gasteiger partial charge in [0.05, 0.1) is 6.20 Å². The van der Waals surface area contributed by atoms with Crippen LogP contribution in [0.4, 0.5) is 10.2 Å². The lowest BCUT2D eigenvalue weighted by molar-refractivity contribution is 0.626. The standard InChI is InChI=1S/C12H15FN4/c1-9(15-12-8-14-16-17(12)2)7-10-3-5-11(13)6-4-10/h3-6,8-9,15H,7H2,1-2H3. The van der Waals surface area contributed by atoms with Crippen molar-refractivity contribution in [1.29, 1.82) is 0 Å². The molecule has 2 aromatic rings. The molecular formula is C12H15FN4. The Morgan fingerprint density at radius 1 is 1.35 bits per heavy atom. The summed E-state index contributed by atoms with van der Waals surface area (Å²) in [6.07, 6.45) is 2.51. The highest BCUT2D eigenvalue weighted by Gasteiger charge is 2.06. The molecule has 0 amide bonds. The molecule has 0 saturated heterocycles. The molecule has 0 fully saturated rings. The molecule has 0 saturated carbocycles. The molecule has 17 heavy (non-hydrogen) atoms. The Labute approximate surface area is 99.5 Å². The zero-order valence-electron chi connectivity index (χ0n) is 9.89. The van der Waals surface area contributed by atoms with Crippen LogP contribution in [-0.4, -0.2) is 21.0 Å². The molecule has 1 heterocycles. The number of aromatic nitrogens is 3. The third-order valence-electron chi connectivity index (χ3n) is 2.56. The largest absolute Gasteiger partial charge is 0.366 e. The molecule has 1 aromatic carbocycles. The van der Waals surface area contributed by atoms with Gasteiger partial charge in [0, 0.05) is 13.1 Å². The van der Waals surface area contributed by atoms with Crippen LogP contribution in [-0.2, 0) is 13.5 Å². The summed E-state index contributed by atoms with van der Waals surface area (Å²) in [6, 6.07) is 6.79. The average Bonchev–Trinajstić information content (AvgIpc) is 2.68. The van der Waals surface area contributed by atoms with Gasteiger partial charge >= 0.3 is 0 Å². The lowest BCUT2D eigenvalue weighted by atomic mass is 10.1. The Hall–Kier alpha value is -1.91. The molecule has 1 N–H and O–H groups in total. The number of nitrogens with one attached hydrogen (secondary N) is 1. The normalized spacial score (nSPS) is 12.4. The van der Waals surface area contributed by atoms with Gasteiger partial charge in [-0.05, 0) is 31.0 Å². The maximum absolute atomic E-state index is 12.7. The summed E-state index contributed by atoms with van der Waals surface area (Å²) < 4.78 is 14.4. The lowest BCUT2D eigenvalue weighted by Gasteiger charge is -2.14. The van der Waals surface area contributed by atoms with Crippen LogP contribution in [0.2, 0.25) is 0 Å². The first-order chi connectivity index (χ1) is 8.15. The van der Waals surface area contributed by atoms with E-state index in [0.29, 0.717) is 0 Å². The van der Waals surface area contributed by atoms with Crippen molar-refractivity contribution in [2.75, 3.05) is 5.32 Å². The van der Waals surface area contributed by atoms with Crippen molar-refractivity contribution in [1.82, 2.24) is 15.0 Å². The first-order valence-corrected chi connectivity index (χ1v) is 5.51. The smallest absolute Gasteiger partial charge is 0.144 e. The fourth-order valence-corrected chi connectivity index (χ4v) is 1.70. The van der Waals surface area contributed by atoms with Gasteiger partial charge in [-0.25, -0.2) is 9.07 Å². The fraction of sp³-hybridized carbons (Fsp3) is 0.333. The molecule has 0 aliphatic rings. The van der Waals surface area contributed by atoms with Gasteiger partial charge in [-0.2, -0.15) is 0 Å². The van der Waals surface area contributed by atoms with Crippen LogP contribution in [0.5, 0.6) is 0 Å². The summed E-state index contributed by atoms with van der Waals surface area (Å²) >= 11 is 0. The molecule has 1 unspecified atom stereocenters. The Morgan fingerprint density at radius 2 is 2.06 bits per heavy atom. The van der Waals surface area contributed by atoms with Crippen molar-refractivity contribution < 1.29 is 4.39 Å². The topological polar surface area (TPSA) is 42.7 Å². The Morgan fingerprint density at radius 3 is 2.65 bits per heavy atom. The van der Waals surface area contributed by atoms with Gasteiger partial charge in [0.25, 0.3) is 0 Å². The number of aryl methyl sites for hydroxylation is 1. The summed E-state index contributed by atoms with van der Waals surface area (Å²) in [4.78, 5) is 0. The Balaban J connectivity index is 1.95. The zero-order valence-corrected chi connectivity index (χ0v) is 9.89. The van der Waals surface area contributed by atoms with Gasteiger partial charge in [-0.1, -0.05) is 17.3 Å². The van der Waals surface area contributed by atoms with E-state index in [9.17, 15) is 4.39 Å². The predicted molar refractivity (Wildman–Crippen MR) is 64.2 cm³/mol. The van der Waals surface area contributed by atoms with E-state index in [0.717, 1.165) is 17.8 Å². The van der Waals surface area contributed by atoms with E-state index in [1.165, 1.54) is 12.1 Å². The van der Waals surface area contributed by atoms with Crippen LogP contribution in [0.1, 0.15) is 12.5 Å². The molecular weight excluding hydrogens is 219 g/mol. The minimum Gasteiger partial charge on any atom is -0.366 e. The molecule has 5 heteroatoms. The number of benzene rings is 1. The number of hydrogen-bond acceptors (Lipinski definition) is 3. The number of rotatable bonds is 4. The Kier molecular flexibility index (Phi) is 3.37. The van der Waals surface area contributed by atoms with Crippen LogP contribution in [0.15, 0.2) is 30.5 Å². The van der Waals surface area contributed by atoms with E-state index >= 15 is 0 Å². The van der Waals surface area contributed by atoms with Gasteiger partial charge in [-0.15, -0.1) is 5.10 Å². The minimum absolute atomic E-state index is 0.204. The van der Waals surface area contributed by atoms with Crippen molar-refractivity contribution in [2.45, 2.75) is 19.4 Å². The number of hydrogen-bond donors (Lipinski definition) is 1. The summed E-state index contributed by atoms with van der Waals surface area (Å²) in [7, 11) is 1.83. The van der Waals surface area contributed by atoms with Crippen molar-refractivity contribution in [2.24, 2.45) is 7.05 Å². The molecule has 0 radical (unpaired) electrons. The van der Waals surface area contributed by atoms with Crippen molar-refractivity contribution >= 4 is 5.82 Å². The number of anilines is 1. The minimum atomic E-state index is -0.204. The highest BCUT2D eigenvalue weighted by Crippen LogP contribution is 2.09. The monoisotopic (exact) mass is 234 g/mol. The predicted octanol–water partition coefficient (Wildman–Crippen LogP) is 2.00. The molecule has 90 valence electrons. The van der Waals surface area contributed by atoms with E-state index < -0.39 is 0 Å². The molecule has 0 spiro atoms. The van der Waals surface area contributed by atoms with E-state index in [2.05, 4.69) is 22.6 Å². The van der Waals surface area contributed by atoms with Crippen molar-refractivity contribution in [3.05, 3.63) is 41.8 Å². The van der Waals surface area contributed by atoms with Gasteiger partial charge < -0.3 is 5.32 Å². The Bertz CT molecular complexity index is 478. The molecule has 0 bridgehead atoms. The molecule has 1 atom stereocenters. The molecule has 1 aromatic heterocycles. The van der Waals surface area contributed by atoms with E-state index in [4.69, 9.17) is 0 Å². The maximum Gasteiger partial charge on any atom is 0.144 e. The maximum atomic E-state index is 12.7. The second-order valence-electron chi connectivity index (χ2n) is 4.12. The highest BCUT2D eigenvalue weighted by molar-refractivity contribution is 5.32. The molecule has 0 aliphatic heterocycles. The van der Waals surface area contributed by atoms with E-state index in [-0.39, 0.29) is 11.9 Å². The quantitative estimate of drug-likeness (QED) is 0.879. The first-order valence-electron chi connectivity index (χ1n) is 5.51. The molecule has 2 rings (SSSR count). The second kappa shape index (κ2) is 4.95. The summed E-state index contributed by atoms with van der Waals surface area (Å²) in [5, 5.41) is 10.9. The van der Waals surface area contributed by atoms with Crippen LogP contribution < -0.4 is 5.32 Å². The second-order valence-corrected chi connectivity index (χ2v) is 4.12. The molecule has 4 nitrogen and oxygen atoms in total. The van der Waals surface area contributed by atoms with Crippen LogP contribution in [0.25, 0.3) is 0 Å². The fourth-order valence-electron chi connectivity index (χ4n) is 1.70. The van der Waals surface area contributed by atoms with E-state index in [1.54, 1.807) is 23.0 Å². The van der Waals surface area contributed by atoms with E-state index in [1.807, 2.05) is 7.05 Å². The average molecular weight is 234 g/mol. The van der Waals surface area contributed by atoms with Gasteiger partial charge in [0.1, 0.15) is 11.6 Å². The summed E-state index contributed by atoms with van der Waals surface area (Å²) in [5.41, 5.74) is 1.10. The lowest BCUT2D eigenvalue weighted by Crippen LogP contribution is -2.19. The van der Waals surface area contributed by atoms with Gasteiger partial charge in [0.15, 0.2) is 0 Å². The first kappa shape index (κ1) is 11.6. The summed E-state index contributed by atoms with van der Waals surface area (Å²) in [6.45, 7) is 2.07. The third-order valence-corrected chi connectivity index (χ3v) is 2.56. The van der Waals surface area contributed by atoms with Crippen LogP contribution in [0, 0.1) is 5.82 Å². The molecule has 0 aliphatic carbocycles. The van der Waals surface area contributed by atoms with Crippen LogP contribution in [0.3, 0.4) is 0 Å². The number of halogens is 1. The van der Waals surface area contributed by atoms with Crippen LogP contribution >= 0.6 is 0 Å². The highest BCUT2D eigenvalue weighted by atomic mass is 19.1. The van der Waals surface area contributed by atoms with Crippen molar-refractivity contribution in [3.63, 3.8) is 0 Å². The van der Waals surface area contributed by atoms with Crippen molar-refractivity contribution in [3.8, 4) is 0 Å². The number of nitrogens with zero attached hydrogens (tertiary/aromatic N) is 3. The third kappa shape index (κ3) is 3.03. The van der Waals surface area contributed by atoms with Gasteiger partial charge in [0.2, 0.25) is 0 Å². The SMILES string of the molecule is CC(Cc1ccc(F)cc1)Nc1cnnn1C. The summed E-state index contributed by atoms with van der Waals surface area (Å²) in [5.74, 6) is 0.671.